The van der Waals surface area contributed by atoms with E-state index in [1.165, 1.54) is 4.88 Å². The Hall–Kier alpha value is -0.900. The number of aromatic nitrogens is 1. The highest BCUT2D eigenvalue weighted by atomic mass is 35.5. The highest BCUT2D eigenvalue weighted by Crippen LogP contribution is 2.15. The normalized spacial score (nSPS) is 10.6. The van der Waals surface area contributed by atoms with Crippen molar-refractivity contribution in [2.24, 2.45) is 0 Å². The van der Waals surface area contributed by atoms with Crippen molar-refractivity contribution in [3.63, 3.8) is 0 Å². The molecular weight excluding hydrogens is 240 g/mol. The van der Waals surface area contributed by atoms with Crippen molar-refractivity contribution in [3.05, 3.63) is 50.9 Å². The molecule has 2 rings (SSSR count). The number of hydrogen-bond donors (Lipinski definition) is 1. The molecule has 84 valence electrons. The Kier molecular flexibility index (Phi) is 3.93. The molecular formula is C12H13ClN2S. The van der Waals surface area contributed by atoms with Crippen LogP contribution in [0.4, 0.5) is 0 Å². The van der Waals surface area contributed by atoms with Crippen LogP contribution in [0.2, 0.25) is 5.02 Å². The van der Waals surface area contributed by atoms with E-state index >= 15 is 0 Å². The van der Waals surface area contributed by atoms with Crippen LogP contribution in [0.1, 0.15) is 16.1 Å². The topological polar surface area (TPSA) is 24.9 Å². The van der Waals surface area contributed by atoms with E-state index in [4.69, 9.17) is 11.6 Å². The molecule has 1 aromatic carbocycles. The summed E-state index contributed by atoms with van der Waals surface area (Å²) in [6, 6.07) is 7.89. The highest BCUT2D eigenvalue weighted by molar-refractivity contribution is 7.09. The lowest BCUT2D eigenvalue weighted by atomic mass is 10.2. The van der Waals surface area contributed by atoms with E-state index in [9.17, 15) is 0 Å². The first-order valence-corrected chi connectivity index (χ1v) is 6.36. The van der Waals surface area contributed by atoms with Gasteiger partial charge in [-0.3, -0.25) is 0 Å². The number of thiazole rings is 1. The van der Waals surface area contributed by atoms with Crippen LogP contribution >= 0.6 is 22.9 Å². The third-order valence-corrected chi connectivity index (χ3v) is 3.71. The minimum absolute atomic E-state index is 0.789. The summed E-state index contributed by atoms with van der Waals surface area (Å²) in [7, 11) is 0. The van der Waals surface area contributed by atoms with E-state index in [0.717, 1.165) is 29.4 Å². The second-order valence-electron chi connectivity index (χ2n) is 3.56. The molecule has 1 aromatic heterocycles. The summed E-state index contributed by atoms with van der Waals surface area (Å²) in [4.78, 5) is 5.50. The molecule has 2 aromatic rings. The highest BCUT2D eigenvalue weighted by Gasteiger charge is 2.02. The van der Waals surface area contributed by atoms with Crippen molar-refractivity contribution in [1.82, 2.24) is 10.3 Å². The van der Waals surface area contributed by atoms with Crippen molar-refractivity contribution in [2.45, 2.75) is 20.0 Å². The number of nitrogens with zero attached hydrogens (tertiary/aromatic N) is 1. The van der Waals surface area contributed by atoms with Crippen LogP contribution in [-0.4, -0.2) is 4.98 Å². The van der Waals surface area contributed by atoms with Gasteiger partial charge in [-0.15, -0.1) is 11.3 Å². The third-order valence-electron chi connectivity index (χ3n) is 2.40. The second kappa shape index (κ2) is 5.43. The molecule has 0 amide bonds. The summed E-state index contributed by atoms with van der Waals surface area (Å²) in [6.07, 6.45) is 0. The quantitative estimate of drug-likeness (QED) is 0.902. The van der Waals surface area contributed by atoms with Gasteiger partial charge in [0.2, 0.25) is 0 Å². The number of hydrogen-bond acceptors (Lipinski definition) is 3. The average Bonchev–Trinajstić information content (AvgIpc) is 2.67. The number of nitrogens with one attached hydrogen (secondary N) is 1. The molecule has 16 heavy (non-hydrogen) atoms. The van der Waals surface area contributed by atoms with Gasteiger partial charge in [-0.25, -0.2) is 4.98 Å². The number of aryl methyl sites for hydroxylation is 1. The van der Waals surface area contributed by atoms with E-state index < -0.39 is 0 Å². The minimum Gasteiger partial charge on any atom is -0.308 e. The summed E-state index contributed by atoms with van der Waals surface area (Å²) < 4.78 is 0. The SMILES string of the molecule is Cc1ncsc1CNCc1ccccc1Cl. The first kappa shape index (κ1) is 11.6. The van der Waals surface area contributed by atoms with Crippen LogP contribution < -0.4 is 5.32 Å². The fraction of sp³-hybridized carbons (Fsp3) is 0.250. The van der Waals surface area contributed by atoms with Gasteiger partial charge in [-0.1, -0.05) is 29.8 Å². The molecule has 0 bridgehead atoms. The Morgan fingerprint density at radius 1 is 1.31 bits per heavy atom. The molecule has 4 heteroatoms. The molecule has 0 aliphatic carbocycles. The lowest BCUT2D eigenvalue weighted by molar-refractivity contribution is 0.697. The Morgan fingerprint density at radius 3 is 2.81 bits per heavy atom. The van der Waals surface area contributed by atoms with Crippen LogP contribution in [0.3, 0.4) is 0 Å². The average molecular weight is 253 g/mol. The monoisotopic (exact) mass is 252 g/mol. The van der Waals surface area contributed by atoms with Gasteiger partial charge in [0.05, 0.1) is 11.2 Å². The van der Waals surface area contributed by atoms with E-state index in [-0.39, 0.29) is 0 Å². The Labute approximate surface area is 104 Å². The molecule has 0 saturated carbocycles. The first-order chi connectivity index (χ1) is 7.77. The van der Waals surface area contributed by atoms with Crippen molar-refractivity contribution < 1.29 is 0 Å². The van der Waals surface area contributed by atoms with Crippen LogP contribution in [0, 0.1) is 6.92 Å². The van der Waals surface area contributed by atoms with Gasteiger partial charge < -0.3 is 5.32 Å². The summed E-state index contributed by atoms with van der Waals surface area (Å²) >= 11 is 7.75. The zero-order valence-electron chi connectivity index (χ0n) is 9.03. The summed E-state index contributed by atoms with van der Waals surface area (Å²) in [5, 5.41) is 4.19. The summed E-state index contributed by atoms with van der Waals surface area (Å²) in [5.41, 5.74) is 4.12. The maximum absolute atomic E-state index is 6.07. The molecule has 0 fully saturated rings. The fourth-order valence-electron chi connectivity index (χ4n) is 1.45. The van der Waals surface area contributed by atoms with Crippen LogP contribution in [-0.2, 0) is 13.1 Å². The zero-order chi connectivity index (χ0) is 11.4. The molecule has 1 heterocycles. The van der Waals surface area contributed by atoms with Crippen molar-refractivity contribution >= 4 is 22.9 Å². The largest absolute Gasteiger partial charge is 0.308 e. The summed E-state index contributed by atoms with van der Waals surface area (Å²) in [6.45, 7) is 3.67. The minimum atomic E-state index is 0.789. The second-order valence-corrected chi connectivity index (χ2v) is 4.90. The third kappa shape index (κ3) is 2.82. The zero-order valence-corrected chi connectivity index (χ0v) is 10.6. The van der Waals surface area contributed by atoms with E-state index in [1.807, 2.05) is 36.7 Å². The lowest BCUT2D eigenvalue weighted by Crippen LogP contribution is -2.12. The molecule has 0 unspecified atom stereocenters. The maximum atomic E-state index is 6.07. The van der Waals surface area contributed by atoms with Gasteiger partial charge in [-0.2, -0.15) is 0 Å². The van der Waals surface area contributed by atoms with Crippen LogP contribution in [0.15, 0.2) is 29.8 Å². The molecule has 2 nitrogen and oxygen atoms in total. The van der Waals surface area contributed by atoms with Gasteiger partial charge in [-0.05, 0) is 18.6 Å². The van der Waals surface area contributed by atoms with E-state index in [1.54, 1.807) is 11.3 Å². The Balaban J connectivity index is 1.89. The van der Waals surface area contributed by atoms with E-state index in [2.05, 4.69) is 10.3 Å². The Morgan fingerprint density at radius 2 is 2.12 bits per heavy atom. The molecule has 0 spiro atoms. The van der Waals surface area contributed by atoms with Gasteiger partial charge in [0.15, 0.2) is 0 Å². The van der Waals surface area contributed by atoms with Crippen molar-refractivity contribution in [1.29, 1.82) is 0 Å². The maximum Gasteiger partial charge on any atom is 0.0798 e. The van der Waals surface area contributed by atoms with Gasteiger partial charge in [0.25, 0.3) is 0 Å². The van der Waals surface area contributed by atoms with Gasteiger partial charge >= 0.3 is 0 Å². The lowest BCUT2D eigenvalue weighted by Gasteiger charge is -2.05. The van der Waals surface area contributed by atoms with Crippen LogP contribution in [0.25, 0.3) is 0 Å². The summed E-state index contributed by atoms with van der Waals surface area (Å²) in [5.74, 6) is 0. The molecule has 0 radical (unpaired) electrons. The van der Waals surface area contributed by atoms with Gasteiger partial charge in [0.1, 0.15) is 0 Å². The number of benzene rings is 1. The predicted molar refractivity (Wildman–Crippen MR) is 68.8 cm³/mol. The van der Waals surface area contributed by atoms with Crippen molar-refractivity contribution in [2.75, 3.05) is 0 Å². The number of halogens is 1. The predicted octanol–water partition coefficient (Wildman–Crippen LogP) is 3.39. The smallest absolute Gasteiger partial charge is 0.0798 e. The molecule has 1 N–H and O–H groups in total. The molecule has 0 saturated heterocycles. The first-order valence-electron chi connectivity index (χ1n) is 5.10. The van der Waals surface area contributed by atoms with Gasteiger partial charge in [0, 0.05) is 23.0 Å². The van der Waals surface area contributed by atoms with E-state index in [0.29, 0.717) is 0 Å². The van der Waals surface area contributed by atoms with Crippen LogP contribution in [0.5, 0.6) is 0 Å². The fourth-order valence-corrected chi connectivity index (χ4v) is 2.40. The molecule has 0 atom stereocenters. The standard InChI is InChI=1S/C12H13ClN2S/c1-9-12(16-8-15-9)7-14-6-10-4-2-3-5-11(10)13/h2-5,8,14H,6-7H2,1H3. The molecule has 0 aliphatic heterocycles. The number of rotatable bonds is 4. The van der Waals surface area contributed by atoms with Crippen molar-refractivity contribution in [3.8, 4) is 0 Å². The molecule has 0 aliphatic rings. The Bertz CT molecular complexity index is 468.